The van der Waals surface area contributed by atoms with Crippen LogP contribution in [0.4, 0.5) is 5.69 Å². The molecule has 7 atom stereocenters. The largest absolute Gasteiger partial charge is 0.490 e. The lowest BCUT2D eigenvalue weighted by Crippen LogP contribution is -2.54. The lowest BCUT2D eigenvalue weighted by atomic mass is 9.61. The highest BCUT2D eigenvalue weighted by Crippen LogP contribution is 2.49. The van der Waals surface area contributed by atoms with E-state index < -0.39 is 15.3 Å². The van der Waals surface area contributed by atoms with Gasteiger partial charge < -0.3 is 14.7 Å². The van der Waals surface area contributed by atoms with Crippen LogP contribution < -0.4 is 14.4 Å². The summed E-state index contributed by atoms with van der Waals surface area (Å²) in [5.74, 6) is 4.77. The third-order valence-corrected chi connectivity index (χ3v) is 13.7. The van der Waals surface area contributed by atoms with Crippen LogP contribution in [0.2, 0.25) is 5.02 Å². The maximum Gasteiger partial charge on any atom is 0.262 e. The molecule has 44 heavy (non-hydrogen) atoms. The molecule has 1 unspecified atom stereocenters. The van der Waals surface area contributed by atoms with Gasteiger partial charge >= 0.3 is 0 Å². The van der Waals surface area contributed by atoms with Crippen LogP contribution in [0.1, 0.15) is 81.3 Å². The summed E-state index contributed by atoms with van der Waals surface area (Å²) in [6.07, 6.45) is 9.75. The van der Waals surface area contributed by atoms with Crippen molar-refractivity contribution in [3.05, 3.63) is 70.3 Å². The zero-order chi connectivity index (χ0) is 31.4. The minimum absolute atomic E-state index is 0.00145. The number of aryl methyl sites for hydroxylation is 1. The zero-order valence-corrected chi connectivity index (χ0v) is 28.1. The van der Waals surface area contributed by atoms with Crippen molar-refractivity contribution in [2.75, 3.05) is 24.6 Å². The number of carbonyl (C=O) groups is 1. The SMILES string of the molecule is C=S1(=O)NC(=O)c2ccc3c(c2)N(C[C@@H]2CC[C@H]2[C@](O)(C(C)C)/C=C/C[C@H](C)[C@H]1C)C[C@@]1(CCCc2cc(Cl)ccc21)CO3. The summed E-state index contributed by atoms with van der Waals surface area (Å²) < 4.78 is 23.1. The molecule has 2 aromatic carbocycles. The highest BCUT2D eigenvalue weighted by atomic mass is 35.5. The topological polar surface area (TPSA) is 78.9 Å². The summed E-state index contributed by atoms with van der Waals surface area (Å²) >= 11 is 6.43. The van der Waals surface area contributed by atoms with Gasteiger partial charge in [0, 0.05) is 34.3 Å². The van der Waals surface area contributed by atoms with Gasteiger partial charge in [-0.15, -0.1) is 0 Å². The molecule has 4 aliphatic rings. The molecule has 0 saturated heterocycles. The molecule has 1 saturated carbocycles. The van der Waals surface area contributed by atoms with E-state index in [-0.39, 0.29) is 40.2 Å². The molecule has 2 N–H and O–H groups in total. The molecule has 8 heteroatoms. The van der Waals surface area contributed by atoms with E-state index in [9.17, 15) is 14.1 Å². The van der Waals surface area contributed by atoms with E-state index in [1.54, 1.807) is 6.07 Å². The average Bonchev–Trinajstić information content (AvgIpc) is 3.10. The standard InChI is InChI=1S/C36H47ClN2O4S/c1-23(2)36(41)17-6-8-24(3)25(4)44(5,42)38-34(40)27-11-15-33-32(19-27)39(20-28-10-13-31(28)36)21-35(22-43-33)16-7-9-26-18-29(37)12-14-30(26)35/h6,11-12,14-15,17-19,23-25,28,31,41H,5,7-10,13,16,20-22H2,1-4H3,(H,38,40,42)/b17-6+/t24-,25+,28-,31+,35-,36+,44?/m0/s1. The van der Waals surface area contributed by atoms with Crippen molar-refractivity contribution in [2.45, 2.75) is 82.5 Å². The molecule has 6 rings (SSSR count). The van der Waals surface area contributed by atoms with Gasteiger partial charge in [0.05, 0.1) is 27.6 Å². The average molecular weight is 639 g/mol. The molecule has 0 radical (unpaired) electrons. The molecule has 1 spiro atoms. The predicted molar refractivity (Wildman–Crippen MR) is 181 cm³/mol. The summed E-state index contributed by atoms with van der Waals surface area (Å²) in [6.45, 7) is 10.1. The maximum atomic E-state index is 13.7. The Labute approximate surface area is 268 Å². The number of hydrogen-bond donors (Lipinski definition) is 2. The van der Waals surface area contributed by atoms with E-state index in [2.05, 4.69) is 47.5 Å². The first kappa shape index (κ1) is 31.5. The predicted octanol–water partition coefficient (Wildman–Crippen LogP) is 6.57. The Bertz CT molecular complexity index is 1570. The summed E-state index contributed by atoms with van der Waals surface area (Å²) in [4.78, 5) is 16.0. The molecule has 6 nitrogen and oxygen atoms in total. The first-order valence-corrected chi connectivity index (χ1v) is 18.4. The van der Waals surface area contributed by atoms with E-state index in [4.69, 9.17) is 16.3 Å². The van der Waals surface area contributed by atoms with E-state index in [1.165, 1.54) is 11.1 Å². The molecule has 2 aliphatic carbocycles. The number of amides is 1. The number of rotatable bonds is 1. The van der Waals surface area contributed by atoms with Gasteiger partial charge in [-0.1, -0.05) is 50.6 Å². The van der Waals surface area contributed by atoms with Gasteiger partial charge in [-0.25, -0.2) is 4.21 Å². The van der Waals surface area contributed by atoms with Crippen molar-refractivity contribution in [3.8, 4) is 5.75 Å². The molecular formula is C36H47ClN2O4S. The number of benzene rings is 2. The highest BCUT2D eigenvalue weighted by Gasteiger charge is 2.49. The number of hydrogen-bond acceptors (Lipinski definition) is 5. The van der Waals surface area contributed by atoms with E-state index in [0.717, 1.165) is 61.7 Å². The van der Waals surface area contributed by atoms with Crippen molar-refractivity contribution >= 4 is 38.8 Å². The summed E-state index contributed by atoms with van der Waals surface area (Å²) in [5.41, 5.74) is 2.70. The number of aliphatic hydroxyl groups is 1. The Hall–Kier alpha value is -2.48. The Morgan fingerprint density at radius 3 is 2.70 bits per heavy atom. The number of carbonyl (C=O) groups excluding carboxylic acids is 1. The number of nitrogens with zero attached hydrogens (tertiary/aromatic N) is 1. The van der Waals surface area contributed by atoms with Gasteiger partial charge in [0.1, 0.15) is 5.75 Å². The minimum atomic E-state index is -2.94. The molecule has 1 amide bonds. The van der Waals surface area contributed by atoms with Crippen LogP contribution in [0.15, 0.2) is 48.6 Å². The fourth-order valence-corrected chi connectivity index (χ4v) is 9.70. The Morgan fingerprint density at radius 1 is 1.18 bits per heavy atom. The van der Waals surface area contributed by atoms with Crippen molar-refractivity contribution in [3.63, 3.8) is 0 Å². The second-order valence-corrected chi connectivity index (χ2v) is 17.1. The van der Waals surface area contributed by atoms with Crippen molar-refractivity contribution in [1.82, 2.24) is 4.72 Å². The summed E-state index contributed by atoms with van der Waals surface area (Å²) in [5, 5.41) is 12.6. The first-order valence-electron chi connectivity index (χ1n) is 16.2. The first-order chi connectivity index (χ1) is 20.8. The summed E-state index contributed by atoms with van der Waals surface area (Å²) in [7, 11) is -2.94. The van der Waals surface area contributed by atoms with Gasteiger partial charge in [-0.2, -0.15) is 0 Å². The van der Waals surface area contributed by atoms with Gasteiger partial charge in [0.2, 0.25) is 0 Å². The number of halogens is 1. The van der Waals surface area contributed by atoms with Crippen molar-refractivity contribution in [1.29, 1.82) is 0 Å². The van der Waals surface area contributed by atoms with Crippen LogP contribution in [-0.4, -0.2) is 51.6 Å². The fourth-order valence-electron chi connectivity index (χ4n) is 8.03. The third-order valence-electron chi connectivity index (χ3n) is 11.3. The molecule has 238 valence electrons. The lowest BCUT2D eigenvalue weighted by Gasteiger charge is -2.50. The van der Waals surface area contributed by atoms with Crippen LogP contribution in [-0.2, 0) is 21.5 Å². The Morgan fingerprint density at radius 2 is 1.98 bits per heavy atom. The van der Waals surface area contributed by atoms with Gasteiger partial charge in [-0.3, -0.25) is 9.52 Å². The summed E-state index contributed by atoms with van der Waals surface area (Å²) in [6, 6.07) is 11.8. The second kappa shape index (κ2) is 11.7. The molecule has 2 heterocycles. The van der Waals surface area contributed by atoms with Crippen LogP contribution >= 0.6 is 11.6 Å². The van der Waals surface area contributed by atoms with Crippen LogP contribution in [0, 0.1) is 23.7 Å². The third kappa shape index (κ3) is 5.58. The van der Waals surface area contributed by atoms with E-state index in [1.807, 2.05) is 38.1 Å². The number of anilines is 1. The van der Waals surface area contributed by atoms with Gasteiger partial charge in [0.25, 0.3) is 5.91 Å². The second-order valence-electron chi connectivity index (χ2n) is 14.3. The number of nitrogens with one attached hydrogen (secondary N) is 1. The molecule has 2 aromatic rings. The molecule has 2 aliphatic heterocycles. The number of ether oxygens (including phenoxy) is 1. The molecule has 0 aromatic heterocycles. The monoisotopic (exact) mass is 638 g/mol. The van der Waals surface area contributed by atoms with Crippen LogP contribution in [0.5, 0.6) is 5.75 Å². The smallest absolute Gasteiger partial charge is 0.262 e. The zero-order valence-electron chi connectivity index (χ0n) is 26.5. The van der Waals surface area contributed by atoms with Crippen molar-refractivity contribution < 1.29 is 18.8 Å². The molecular weight excluding hydrogens is 592 g/mol. The van der Waals surface area contributed by atoms with Gasteiger partial charge in [0.15, 0.2) is 0 Å². The highest BCUT2D eigenvalue weighted by molar-refractivity contribution is 7.99. The van der Waals surface area contributed by atoms with Crippen LogP contribution in [0.25, 0.3) is 0 Å². The Kier molecular flexibility index (Phi) is 8.38. The molecule has 1 fully saturated rings. The normalized spacial score (nSPS) is 36.3. The van der Waals surface area contributed by atoms with Gasteiger partial charge in [-0.05, 0) is 116 Å². The van der Waals surface area contributed by atoms with E-state index in [0.29, 0.717) is 18.6 Å². The molecule has 2 bridgehead atoms. The van der Waals surface area contributed by atoms with Crippen LogP contribution in [0.3, 0.4) is 0 Å². The quantitative estimate of drug-likeness (QED) is 0.273. The minimum Gasteiger partial charge on any atom is -0.490 e. The number of allylic oxidation sites excluding steroid dienone is 1. The Balaban J connectivity index is 1.46. The number of fused-ring (bicyclic) bond motifs is 4. The van der Waals surface area contributed by atoms with E-state index >= 15 is 0 Å². The fraction of sp³-hybridized carbons (Fsp3) is 0.556. The van der Waals surface area contributed by atoms with Crippen molar-refractivity contribution in [2.24, 2.45) is 23.7 Å². The lowest BCUT2D eigenvalue weighted by molar-refractivity contribution is -0.0757. The maximum absolute atomic E-state index is 13.7.